The lowest BCUT2D eigenvalue weighted by Crippen LogP contribution is -2.40. The summed E-state index contributed by atoms with van der Waals surface area (Å²) in [5.74, 6) is 0.0355. The smallest absolute Gasteiger partial charge is 0.268 e. The van der Waals surface area contributed by atoms with Crippen molar-refractivity contribution >= 4 is 11.6 Å². The molecule has 0 atom stereocenters. The number of nitrogens with one attached hydrogen (secondary N) is 1. The molecule has 0 radical (unpaired) electrons. The minimum absolute atomic E-state index is 0.0355. The molecule has 0 spiro atoms. The first-order valence-electron chi connectivity index (χ1n) is 6.02. The van der Waals surface area contributed by atoms with Crippen LogP contribution < -0.4 is 11.1 Å². The fraction of sp³-hybridized carbons (Fsp3) is 0.583. The topological polar surface area (TPSA) is 60.1 Å². The zero-order valence-electron chi connectivity index (χ0n) is 9.28. The summed E-state index contributed by atoms with van der Waals surface area (Å²) in [6.45, 7) is 0. The number of rotatable bonds is 3. The van der Waals surface area contributed by atoms with Crippen LogP contribution in [0.15, 0.2) is 12.3 Å². The van der Waals surface area contributed by atoms with E-state index in [0.29, 0.717) is 17.8 Å². The largest absolute Gasteiger partial charge is 0.397 e. The van der Waals surface area contributed by atoms with Crippen molar-refractivity contribution in [3.8, 4) is 0 Å². The molecule has 2 aliphatic rings. The van der Waals surface area contributed by atoms with Crippen LogP contribution in [0.5, 0.6) is 0 Å². The normalized spacial score (nSPS) is 20.5. The van der Waals surface area contributed by atoms with Gasteiger partial charge in [-0.2, -0.15) is 0 Å². The summed E-state index contributed by atoms with van der Waals surface area (Å²) in [6.07, 6.45) is 7.68. The van der Waals surface area contributed by atoms with Crippen LogP contribution in [-0.4, -0.2) is 16.5 Å². The highest BCUT2D eigenvalue weighted by atomic mass is 16.2. The van der Waals surface area contributed by atoms with Crippen LogP contribution in [0.2, 0.25) is 0 Å². The molecule has 4 nitrogen and oxygen atoms in total. The van der Waals surface area contributed by atoms with E-state index in [9.17, 15) is 4.79 Å². The maximum Gasteiger partial charge on any atom is 0.268 e. The zero-order valence-corrected chi connectivity index (χ0v) is 9.28. The standard InChI is InChI=1S/C12H17N3O/c13-8-6-11(15(7-8)10-4-5-10)12(16)14-9-2-1-3-9/h6-7,9-10H,1-5,13H2,(H,14,16). The van der Waals surface area contributed by atoms with Crippen molar-refractivity contribution in [3.05, 3.63) is 18.0 Å². The quantitative estimate of drug-likeness (QED) is 0.812. The second-order valence-electron chi connectivity index (χ2n) is 4.90. The molecule has 0 unspecified atom stereocenters. The third-order valence-corrected chi connectivity index (χ3v) is 3.48. The van der Waals surface area contributed by atoms with Crippen molar-refractivity contribution in [2.45, 2.75) is 44.2 Å². The summed E-state index contributed by atoms with van der Waals surface area (Å²) in [7, 11) is 0. The molecule has 3 N–H and O–H groups in total. The molecule has 0 aromatic carbocycles. The van der Waals surface area contributed by atoms with E-state index in [1.165, 1.54) is 6.42 Å². The molecule has 1 amide bonds. The van der Waals surface area contributed by atoms with Crippen molar-refractivity contribution in [1.82, 2.24) is 9.88 Å². The van der Waals surface area contributed by atoms with Crippen molar-refractivity contribution < 1.29 is 4.79 Å². The molecule has 2 saturated carbocycles. The second kappa shape index (κ2) is 3.54. The van der Waals surface area contributed by atoms with Crippen LogP contribution >= 0.6 is 0 Å². The average Bonchev–Trinajstić information content (AvgIpc) is 2.96. The van der Waals surface area contributed by atoms with Gasteiger partial charge in [-0.15, -0.1) is 0 Å². The van der Waals surface area contributed by atoms with Gasteiger partial charge >= 0.3 is 0 Å². The van der Waals surface area contributed by atoms with Gasteiger partial charge in [0.1, 0.15) is 5.69 Å². The SMILES string of the molecule is Nc1cc(C(=O)NC2CCC2)n(C2CC2)c1. The van der Waals surface area contributed by atoms with Gasteiger partial charge in [-0.3, -0.25) is 4.79 Å². The van der Waals surface area contributed by atoms with E-state index in [2.05, 4.69) is 5.32 Å². The fourth-order valence-electron chi connectivity index (χ4n) is 2.15. The zero-order chi connectivity index (χ0) is 11.1. The first-order chi connectivity index (χ1) is 7.74. The van der Waals surface area contributed by atoms with Crippen LogP contribution in [0, 0.1) is 0 Å². The van der Waals surface area contributed by atoms with Gasteiger partial charge < -0.3 is 15.6 Å². The lowest BCUT2D eigenvalue weighted by Gasteiger charge is -2.26. The minimum atomic E-state index is 0.0355. The molecule has 0 aliphatic heterocycles. The van der Waals surface area contributed by atoms with Gasteiger partial charge in [0, 0.05) is 18.3 Å². The molecule has 1 aromatic heterocycles. The lowest BCUT2D eigenvalue weighted by molar-refractivity contribution is 0.0907. The summed E-state index contributed by atoms with van der Waals surface area (Å²) in [6, 6.07) is 2.67. The van der Waals surface area contributed by atoms with Gasteiger partial charge in [0.15, 0.2) is 0 Å². The van der Waals surface area contributed by atoms with Crippen LogP contribution in [0.3, 0.4) is 0 Å². The van der Waals surface area contributed by atoms with Crippen LogP contribution in [0.25, 0.3) is 0 Å². The van der Waals surface area contributed by atoms with Gasteiger partial charge in [-0.1, -0.05) is 0 Å². The highest BCUT2D eigenvalue weighted by molar-refractivity contribution is 5.94. The molecular weight excluding hydrogens is 202 g/mol. The number of nitrogen functional groups attached to an aromatic ring is 1. The summed E-state index contributed by atoms with van der Waals surface area (Å²) >= 11 is 0. The highest BCUT2D eigenvalue weighted by Gasteiger charge is 2.29. The van der Waals surface area contributed by atoms with E-state index in [1.54, 1.807) is 6.07 Å². The molecule has 1 aromatic rings. The molecule has 2 fully saturated rings. The van der Waals surface area contributed by atoms with E-state index in [-0.39, 0.29) is 5.91 Å². The molecular formula is C12H17N3O. The third kappa shape index (κ3) is 1.68. The Bertz CT molecular complexity index is 416. The summed E-state index contributed by atoms with van der Waals surface area (Å²) < 4.78 is 2.03. The second-order valence-corrected chi connectivity index (χ2v) is 4.90. The summed E-state index contributed by atoms with van der Waals surface area (Å²) in [5.41, 5.74) is 7.17. The monoisotopic (exact) mass is 219 g/mol. The maximum atomic E-state index is 12.0. The molecule has 4 heteroatoms. The van der Waals surface area contributed by atoms with Gasteiger partial charge in [-0.05, 0) is 38.2 Å². The molecule has 16 heavy (non-hydrogen) atoms. The number of carbonyl (C=O) groups excluding carboxylic acids is 1. The van der Waals surface area contributed by atoms with Crippen molar-refractivity contribution in [2.75, 3.05) is 5.73 Å². The Labute approximate surface area is 94.8 Å². The molecule has 3 rings (SSSR count). The Kier molecular flexibility index (Phi) is 2.16. The number of amides is 1. The predicted octanol–water partition coefficient (Wildman–Crippen LogP) is 1.69. The fourth-order valence-corrected chi connectivity index (χ4v) is 2.15. The molecule has 0 saturated heterocycles. The van der Waals surface area contributed by atoms with Crippen molar-refractivity contribution in [3.63, 3.8) is 0 Å². The molecule has 2 aliphatic carbocycles. The van der Waals surface area contributed by atoms with E-state index in [4.69, 9.17) is 5.73 Å². The van der Waals surface area contributed by atoms with Crippen LogP contribution in [0.1, 0.15) is 48.6 Å². The van der Waals surface area contributed by atoms with Gasteiger partial charge in [-0.25, -0.2) is 0 Å². The molecule has 1 heterocycles. The number of nitrogens with zero attached hydrogens (tertiary/aromatic N) is 1. The average molecular weight is 219 g/mol. The van der Waals surface area contributed by atoms with Crippen molar-refractivity contribution in [1.29, 1.82) is 0 Å². The predicted molar refractivity (Wildman–Crippen MR) is 62.2 cm³/mol. The summed E-state index contributed by atoms with van der Waals surface area (Å²) in [5, 5.41) is 3.05. The Morgan fingerprint density at radius 1 is 1.38 bits per heavy atom. The number of hydrogen-bond donors (Lipinski definition) is 2. The van der Waals surface area contributed by atoms with Gasteiger partial charge in [0.25, 0.3) is 5.91 Å². The maximum absolute atomic E-state index is 12.0. The van der Waals surface area contributed by atoms with Crippen LogP contribution in [-0.2, 0) is 0 Å². The van der Waals surface area contributed by atoms with Crippen molar-refractivity contribution in [2.24, 2.45) is 0 Å². The number of anilines is 1. The van der Waals surface area contributed by atoms with Gasteiger partial charge in [0.05, 0.1) is 5.69 Å². The number of carbonyl (C=O) groups is 1. The lowest BCUT2D eigenvalue weighted by atomic mass is 9.93. The first-order valence-corrected chi connectivity index (χ1v) is 6.02. The Hall–Kier alpha value is -1.45. The molecule has 86 valence electrons. The Morgan fingerprint density at radius 2 is 2.12 bits per heavy atom. The highest BCUT2D eigenvalue weighted by Crippen LogP contribution is 2.37. The van der Waals surface area contributed by atoms with E-state index in [1.807, 2.05) is 10.8 Å². The molecule has 0 bridgehead atoms. The Balaban J connectivity index is 1.78. The summed E-state index contributed by atoms with van der Waals surface area (Å²) in [4.78, 5) is 12.0. The number of nitrogens with two attached hydrogens (primary N) is 1. The minimum Gasteiger partial charge on any atom is -0.397 e. The Morgan fingerprint density at radius 3 is 2.69 bits per heavy atom. The van der Waals surface area contributed by atoms with E-state index in [0.717, 1.165) is 31.4 Å². The van der Waals surface area contributed by atoms with Gasteiger partial charge in [0.2, 0.25) is 0 Å². The first kappa shape index (κ1) is 9.75. The van der Waals surface area contributed by atoms with E-state index >= 15 is 0 Å². The number of hydrogen-bond acceptors (Lipinski definition) is 2. The van der Waals surface area contributed by atoms with E-state index < -0.39 is 0 Å². The third-order valence-electron chi connectivity index (χ3n) is 3.48. The van der Waals surface area contributed by atoms with Crippen LogP contribution in [0.4, 0.5) is 5.69 Å². The number of aromatic nitrogens is 1.